The molecule has 1 amide bonds. The number of likely N-dealkylation sites (tertiary alicyclic amines) is 1. The van der Waals surface area contributed by atoms with Gasteiger partial charge in [0.1, 0.15) is 5.69 Å². The van der Waals surface area contributed by atoms with Gasteiger partial charge in [0.15, 0.2) is 0 Å². The van der Waals surface area contributed by atoms with E-state index in [9.17, 15) is 24.3 Å². The van der Waals surface area contributed by atoms with Crippen LogP contribution >= 0.6 is 0 Å². The number of aryl methyl sites for hydroxylation is 1. The smallest absolute Gasteiger partial charge is 0.354 e. The molecule has 1 unspecified atom stereocenters. The molecule has 1 aromatic heterocycles. The van der Waals surface area contributed by atoms with Gasteiger partial charge in [0.2, 0.25) is 5.78 Å². The number of carbonyl (C=O) groups excluding carboxylic acids is 4. The number of nitrogens with one attached hydrogen (secondary N) is 2. The second kappa shape index (κ2) is 10.1. The summed E-state index contributed by atoms with van der Waals surface area (Å²) in [6, 6.07) is 5.30. The van der Waals surface area contributed by atoms with E-state index in [2.05, 4.69) is 4.98 Å². The van der Waals surface area contributed by atoms with Crippen LogP contribution in [0, 0.1) is 13.8 Å². The van der Waals surface area contributed by atoms with Gasteiger partial charge < -0.3 is 29.4 Å². The van der Waals surface area contributed by atoms with Crippen LogP contribution in [-0.4, -0.2) is 74.9 Å². The van der Waals surface area contributed by atoms with E-state index in [4.69, 9.17) is 9.47 Å². The van der Waals surface area contributed by atoms with Gasteiger partial charge in [-0.2, -0.15) is 0 Å². The predicted octanol–water partition coefficient (Wildman–Crippen LogP) is -0.427. The summed E-state index contributed by atoms with van der Waals surface area (Å²) in [7, 11) is 6.33. The number of carbonyl (C=O) groups is 4. The summed E-state index contributed by atoms with van der Waals surface area (Å²) in [5.74, 6) is -3.46. The molecule has 35 heavy (non-hydrogen) atoms. The lowest BCUT2D eigenvalue weighted by atomic mass is 9.93. The molecule has 10 nitrogen and oxygen atoms in total. The number of quaternary nitrogens is 1. The average Bonchev–Trinajstić information content (AvgIpc) is 3.28. The molecule has 3 rings (SSSR count). The molecule has 1 atom stereocenters. The number of likely N-dealkylation sites (N-methyl/N-ethyl adjacent to an activating group) is 1. The number of esters is 2. The maximum atomic E-state index is 13.8. The summed E-state index contributed by atoms with van der Waals surface area (Å²) in [4.78, 5) is 55.5. The van der Waals surface area contributed by atoms with Crippen LogP contribution in [0.15, 0.2) is 29.8 Å². The van der Waals surface area contributed by atoms with E-state index in [1.54, 1.807) is 26.0 Å². The molecule has 1 saturated heterocycles. The summed E-state index contributed by atoms with van der Waals surface area (Å²) >= 11 is 0. The molecule has 0 radical (unpaired) electrons. The van der Waals surface area contributed by atoms with Gasteiger partial charge in [-0.1, -0.05) is 17.9 Å². The zero-order valence-corrected chi connectivity index (χ0v) is 20.6. The molecule has 0 aliphatic carbocycles. The second-order valence-corrected chi connectivity index (χ2v) is 8.66. The first-order chi connectivity index (χ1) is 16.5. The van der Waals surface area contributed by atoms with E-state index >= 15 is 0 Å². The number of ketones is 1. The fourth-order valence-electron chi connectivity index (χ4n) is 4.24. The third-order valence-corrected chi connectivity index (χ3v) is 6.08. The second-order valence-electron chi connectivity index (χ2n) is 8.66. The Morgan fingerprint density at radius 3 is 2.20 bits per heavy atom. The number of H-pyrrole nitrogens is 1. The standard InChI is InChI=1S/C25H29N3O7/c1-13-17(14(2)26-19(13)25(33)35-6)21(29)18-20(15-7-9-16(10-8-15)24(32)34-5)28(12-11-27(3)4)23(31)22(18)30/h7-10,20,26,29H,11-12H2,1-6H3/b21-18+. The first-order valence-electron chi connectivity index (χ1n) is 11.0. The molecule has 186 valence electrons. The molecule has 2 aromatic rings. The van der Waals surface area contributed by atoms with E-state index in [0.29, 0.717) is 28.9 Å². The Morgan fingerprint density at radius 1 is 1.06 bits per heavy atom. The number of hydrogen-bond donors (Lipinski definition) is 2. The molecule has 1 fully saturated rings. The Kier molecular flexibility index (Phi) is 7.45. The van der Waals surface area contributed by atoms with Crippen molar-refractivity contribution >= 4 is 29.4 Å². The maximum Gasteiger partial charge on any atom is 0.354 e. The minimum absolute atomic E-state index is 0.109. The Bertz CT molecular complexity index is 1210. The fourth-order valence-corrected chi connectivity index (χ4v) is 4.24. The van der Waals surface area contributed by atoms with Crippen molar-refractivity contribution < 1.29 is 38.7 Å². The summed E-state index contributed by atoms with van der Waals surface area (Å²) < 4.78 is 9.51. The number of aromatic amines is 1. The number of ether oxygens (including phenoxy) is 2. The zero-order valence-electron chi connectivity index (χ0n) is 20.6. The Morgan fingerprint density at radius 2 is 1.66 bits per heavy atom. The molecular weight excluding hydrogens is 454 g/mol. The number of Topliss-reactive ketones (excluding diaryl/α,β-unsaturated/α-hetero) is 1. The molecule has 1 aliphatic rings. The topological polar surface area (TPSA) is 133 Å². The fraction of sp³-hybridized carbons (Fsp3) is 0.360. The van der Waals surface area contributed by atoms with Crippen molar-refractivity contribution in [1.29, 1.82) is 0 Å². The van der Waals surface area contributed by atoms with Crippen LogP contribution in [0.25, 0.3) is 5.76 Å². The van der Waals surface area contributed by atoms with Crippen LogP contribution in [0.1, 0.15) is 49.3 Å². The van der Waals surface area contributed by atoms with E-state index in [0.717, 1.165) is 4.90 Å². The Balaban J connectivity index is 2.21. The largest absolute Gasteiger partial charge is 0.872 e. The number of methoxy groups -OCH3 is 2. The average molecular weight is 484 g/mol. The van der Waals surface area contributed by atoms with Crippen molar-refractivity contribution in [3.63, 3.8) is 0 Å². The summed E-state index contributed by atoms with van der Waals surface area (Å²) in [5, 5.41) is 13.8. The number of amides is 1. The van der Waals surface area contributed by atoms with Gasteiger partial charge in [-0.25, -0.2) is 9.59 Å². The monoisotopic (exact) mass is 483 g/mol. The minimum Gasteiger partial charge on any atom is -0.872 e. The van der Waals surface area contributed by atoms with E-state index in [1.807, 2.05) is 14.1 Å². The summed E-state index contributed by atoms with van der Waals surface area (Å²) in [5.41, 5.74) is 1.59. The van der Waals surface area contributed by atoms with Crippen molar-refractivity contribution in [3.8, 4) is 0 Å². The Labute approximate surface area is 203 Å². The van der Waals surface area contributed by atoms with Crippen molar-refractivity contribution in [2.24, 2.45) is 0 Å². The van der Waals surface area contributed by atoms with Crippen LogP contribution < -0.4 is 10.0 Å². The zero-order chi connectivity index (χ0) is 26.0. The van der Waals surface area contributed by atoms with Crippen LogP contribution in [0.4, 0.5) is 0 Å². The van der Waals surface area contributed by atoms with Crippen LogP contribution in [0.2, 0.25) is 0 Å². The number of nitrogens with zero attached hydrogens (tertiary/aromatic N) is 1. The molecule has 10 heteroatoms. The number of aromatic nitrogens is 1. The highest BCUT2D eigenvalue weighted by atomic mass is 16.5. The third-order valence-electron chi connectivity index (χ3n) is 6.08. The van der Waals surface area contributed by atoms with E-state index in [-0.39, 0.29) is 23.4 Å². The maximum absolute atomic E-state index is 13.8. The van der Waals surface area contributed by atoms with Crippen molar-refractivity contribution in [2.45, 2.75) is 19.9 Å². The molecule has 2 N–H and O–H groups in total. The van der Waals surface area contributed by atoms with Gasteiger partial charge in [-0.3, -0.25) is 9.59 Å². The lowest BCUT2D eigenvalue weighted by Gasteiger charge is -2.28. The van der Waals surface area contributed by atoms with Gasteiger partial charge in [0, 0.05) is 11.3 Å². The van der Waals surface area contributed by atoms with E-state index in [1.165, 1.54) is 31.3 Å². The predicted molar refractivity (Wildman–Crippen MR) is 123 cm³/mol. The Hall–Kier alpha value is -3.92. The molecule has 0 spiro atoms. The molecule has 1 aliphatic heterocycles. The molecule has 2 heterocycles. The van der Waals surface area contributed by atoms with Crippen molar-refractivity contribution in [3.05, 3.63) is 63.5 Å². The molecular formula is C25H29N3O7. The number of benzene rings is 1. The number of hydrogen-bond acceptors (Lipinski definition) is 7. The first kappa shape index (κ1) is 25.7. The quantitative estimate of drug-likeness (QED) is 0.236. The SMILES string of the molecule is COC(=O)c1ccc(C2/C(=C(\[O-])c3c(C)[nH]c(C(=O)OC)c3C)C(=O)C(=O)N2CC[NH+](C)C)cc1. The lowest BCUT2D eigenvalue weighted by molar-refractivity contribution is -0.857. The van der Waals surface area contributed by atoms with Crippen molar-refractivity contribution in [1.82, 2.24) is 9.88 Å². The molecule has 0 bridgehead atoms. The van der Waals surface area contributed by atoms with Crippen molar-refractivity contribution in [2.75, 3.05) is 41.4 Å². The first-order valence-corrected chi connectivity index (χ1v) is 11.0. The highest BCUT2D eigenvalue weighted by molar-refractivity contribution is 6.46. The molecule has 1 aromatic carbocycles. The summed E-state index contributed by atoms with van der Waals surface area (Å²) in [6.07, 6.45) is 0. The molecule has 0 saturated carbocycles. The van der Waals surface area contributed by atoms with Gasteiger partial charge >= 0.3 is 11.9 Å². The van der Waals surface area contributed by atoms with Crippen LogP contribution in [0.3, 0.4) is 0 Å². The van der Waals surface area contributed by atoms with Gasteiger partial charge in [-0.15, -0.1) is 0 Å². The van der Waals surface area contributed by atoms with Crippen LogP contribution in [-0.2, 0) is 19.1 Å². The van der Waals surface area contributed by atoms with Gasteiger partial charge in [0.05, 0.1) is 53.0 Å². The lowest BCUT2D eigenvalue weighted by Crippen LogP contribution is -3.06. The van der Waals surface area contributed by atoms with Gasteiger partial charge in [0.25, 0.3) is 5.91 Å². The van der Waals surface area contributed by atoms with E-state index < -0.39 is 35.4 Å². The normalized spacial score (nSPS) is 17.2. The number of rotatable bonds is 7. The highest BCUT2D eigenvalue weighted by Gasteiger charge is 2.44. The summed E-state index contributed by atoms with van der Waals surface area (Å²) in [6.45, 7) is 3.98. The van der Waals surface area contributed by atoms with Gasteiger partial charge in [-0.05, 0) is 42.7 Å². The third kappa shape index (κ3) is 4.69. The highest BCUT2D eigenvalue weighted by Crippen LogP contribution is 2.39. The minimum atomic E-state index is -0.941. The van der Waals surface area contributed by atoms with Crippen LogP contribution in [0.5, 0.6) is 0 Å².